The molecule has 2 aromatic heterocycles. The molecule has 25 heavy (non-hydrogen) atoms. The van der Waals surface area contributed by atoms with Gasteiger partial charge in [-0.25, -0.2) is 0 Å². The van der Waals surface area contributed by atoms with Crippen LogP contribution in [-0.4, -0.2) is 39.1 Å². The molecule has 0 radical (unpaired) electrons. The number of carbonyl (C=O) groups excluding carboxylic acids is 2. The number of carbonyl (C=O) groups is 2. The van der Waals surface area contributed by atoms with E-state index in [1.165, 1.54) is 6.20 Å². The second kappa shape index (κ2) is 7.67. The largest absolute Gasteiger partial charge is 0.328 e. The van der Waals surface area contributed by atoms with Crippen molar-refractivity contribution in [2.45, 2.75) is 31.2 Å². The third-order valence-corrected chi connectivity index (χ3v) is 4.40. The molecule has 0 aromatic carbocycles. The summed E-state index contributed by atoms with van der Waals surface area (Å²) in [4.78, 5) is 35.5. The number of pyridine rings is 2. The summed E-state index contributed by atoms with van der Waals surface area (Å²) in [5.41, 5.74) is 0.878. The summed E-state index contributed by atoms with van der Waals surface area (Å²) in [7, 11) is 0. The number of amides is 1. The first-order valence-electron chi connectivity index (χ1n) is 8.27. The molecule has 0 N–H and O–H groups in total. The van der Waals surface area contributed by atoms with Gasteiger partial charge in [0.1, 0.15) is 5.92 Å². The highest BCUT2D eigenvalue weighted by atomic mass is 16.2. The molecule has 3 heterocycles. The molecule has 0 aliphatic carbocycles. The number of hydrogen-bond donors (Lipinski definition) is 0. The first kappa shape index (κ1) is 16.8. The zero-order chi connectivity index (χ0) is 17.6. The van der Waals surface area contributed by atoms with Crippen molar-refractivity contribution in [2.24, 2.45) is 0 Å². The molecule has 0 bridgehead atoms. The van der Waals surface area contributed by atoms with Crippen molar-refractivity contribution in [3.63, 3.8) is 0 Å². The molecule has 2 aromatic rings. The first-order valence-corrected chi connectivity index (χ1v) is 8.27. The number of aromatic nitrogens is 2. The minimum Gasteiger partial charge on any atom is -0.328 e. The fourth-order valence-corrected chi connectivity index (χ4v) is 3.14. The fraction of sp³-hybridized carbons (Fsp3) is 0.316. The minimum absolute atomic E-state index is 0.219. The van der Waals surface area contributed by atoms with Gasteiger partial charge in [-0.05, 0) is 43.5 Å². The molecule has 0 saturated carbocycles. The molecule has 6 heteroatoms. The summed E-state index contributed by atoms with van der Waals surface area (Å²) in [5.74, 6) is -1.45. The maximum Gasteiger partial charge on any atom is 0.256 e. The molecule has 2 atom stereocenters. The van der Waals surface area contributed by atoms with E-state index < -0.39 is 12.0 Å². The zero-order valence-electron chi connectivity index (χ0n) is 13.7. The minimum atomic E-state index is -0.964. The Kier molecular flexibility index (Phi) is 5.14. The number of rotatable bonds is 4. The van der Waals surface area contributed by atoms with E-state index in [1.807, 2.05) is 0 Å². The van der Waals surface area contributed by atoms with Crippen LogP contribution >= 0.6 is 0 Å². The van der Waals surface area contributed by atoms with E-state index in [-0.39, 0.29) is 11.7 Å². The Morgan fingerprint density at radius 1 is 1.20 bits per heavy atom. The van der Waals surface area contributed by atoms with Gasteiger partial charge in [0.05, 0.1) is 23.4 Å². The molecule has 3 rings (SSSR count). The second-order valence-corrected chi connectivity index (χ2v) is 5.97. The number of ketones is 1. The van der Waals surface area contributed by atoms with Crippen molar-refractivity contribution in [3.05, 3.63) is 60.2 Å². The number of nitriles is 1. The standard InChI is InChI=1S/C19H18N4O2/c20-12-15(16-7-1-3-10-22-16)18(24)17-8-2-4-11-23(17)19(25)14-6-5-9-21-13-14/h1,3,5-7,9-10,13,15,17H,2,4,8,11H2/t15-,17-/m0/s1. The van der Waals surface area contributed by atoms with E-state index in [0.717, 1.165) is 12.8 Å². The van der Waals surface area contributed by atoms with Gasteiger partial charge in [0.2, 0.25) is 0 Å². The maximum absolute atomic E-state index is 13.0. The van der Waals surface area contributed by atoms with E-state index >= 15 is 0 Å². The number of nitrogens with zero attached hydrogens (tertiary/aromatic N) is 4. The second-order valence-electron chi connectivity index (χ2n) is 5.97. The number of piperidine rings is 1. The zero-order valence-corrected chi connectivity index (χ0v) is 13.7. The molecule has 126 valence electrons. The van der Waals surface area contributed by atoms with Crippen molar-refractivity contribution >= 4 is 11.7 Å². The van der Waals surface area contributed by atoms with E-state index in [0.29, 0.717) is 24.2 Å². The quantitative estimate of drug-likeness (QED) is 0.856. The monoisotopic (exact) mass is 334 g/mol. The van der Waals surface area contributed by atoms with Crippen LogP contribution in [-0.2, 0) is 4.79 Å². The number of Topliss-reactive ketones (excluding diaryl/α,β-unsaturated/α-hetero) is 1. The molecule has 1 aliphatic rings. The number of hydrogen-bond acceptors (Lipinski definition) is 5. The van der Waals surface area contributed by atoms with E-state index in [9.17, 15) is 14.9 Å². The van der Waals surface area contributed by atoms with Crippen LogP contribution in [0.3, 0.4) is 0 Å². The van der Waals surface area contributed by atoms with Crippen LogP contribution in [0.4, 0.5) is 0 Å². The van der Waals surface area contributed by atoms with Crippen LogP contribution in [0.1, 0.15) is 41.2 Å². The van der Waals surface area contributed by atoms with Crippen molar-refractivity contribution in [2.75, 3.05) is 6.54 Å². The SMILES string of the molecule is N#C[C@H](C(=O)[C@@H]1CCCCN1C(=O)c1cccnc1)c1ccccn1. The Hall–Kier alpha value is -3.07. The van der Waals surface area contributed by atoms with Crippen LogP contribution < -0.4 is 0 Å². The maximum atomic E-state index is 13.0. The van der Waals surface area contributed by atoms with Crippen LogP contribution in [0.2, 0.25) is 0 Å². The van der Waals surface area contributed by atoms with Crippen molar-refractivity contribution < 1.29 is 9.59 Å². The Morgan fingerprint density at radius 3 is 2.76 bits per heavy atom. The summed E-state index contributed by atoms with van der Waals surface area (Å²) in [6.07, 6.45) is 6.92. The summed E-state index contributed by atoms with van der Waals surface area (Å²) in [6, 6.07) is 9.98. The Balaban J connectivity index is 1.86. The van der Waals surface area contributed by atoms with Crippen LogP contribution in [0.5, 0.6) is 0 Å². The van der Waals surface area contributed by atoms with Gasteiger partial charge in [0.25, 0.3) is 5.91 Å². The van der Waals surface area contributed by atoms with Gasteiger partial charge in [-0.15, -0.1) is 0 Å². The van der Waals surface area contributed by atoms with Gasteiger partial charge >= 0.3 is 0 Å². The molecule has 1 fully saturated rings. The average Bonchev–Trinajstić information content (AvgIpc) is 2.69. The van der Waals surface area contributed by atoms with Crippen molar-refractivity contribution in [1.82, 2.24) is 14.9 Å². The Morgan fingerprint density at radius 2 is 2.08 bits per heavy atom. The first-order chi connectivity index (χ1) is 12.2. The lowest BCUT2D eigenvalue weighted by Gasteiger charge is -2.35. The summed E-state index contributed by atoms with van der Waals surface area (Å²) < 4.78 is 0. The highest BCUT2D eigenvalue weighted by Crippen LogP contribution is 2.25. The normalized spacial score (nSPS) is 18.2. The fourth-order valence-electron chi connectivity index (χ4n) is 3.14. The van der Waals surface area contributed by atoms with Crippen LogP contribution in [0.25, 0.3) is 0 Å². The van der Waals surface area contributed by atoms with E-state index in [1.54, 1.807) is 47.6 Å². The molecular formula is C19H18N4O2. The predicted octanol–water partition coefficient (Wildman–Crippen LogP) is 2.35. The lowest BCUT2D eigenvalue weighted by molar-refractivity contribution is -0.124. The van der Waals surface area contributed by atoms with Gasteiger partial charge in [-0.1, -0.05) is 6.07 Å². The summed E-state index contributed by atoms with van der Waals surface area (Å²) in [5, 5.41) is 9.50. The average molecular weight is 334 g/mol. The van der Waals surface area contributed by atoms with Crippen LogP contribution in [0, 0.1) is 11.3 Å². The molecule has 0 unspecified atom stereocenters. The summed E-state index contributed by atoms with van der Waals surface area (Å²) >= 11 is 0. The van der Waals surface area contributed by atoms with Crippen LogP contribution in [0.15, 0.2) is 48.9 Å². The van der Waals surface area contributed by atoms with E-state index in [4.69, 9.17) is 0 Å². The lowest BCUT2D eigenvalue weighted by atomic mass is 9.89. The third-order valence-electron chi connectivity index (χ3n) is 4.40. The molecule has 1 amide bonds. The van der Waals surface area contributed by atoms with Gasteiger partial charge in [0, 0.05) is 25.1 Å². The van der Waals surface area contributed by atoms with Gasteiger partial charge in [-0.3, -0.25) is 19.6 Å². The molecular weight excluding hydrogens is 316 g/mol. The highest BCUT2D eigenvalue weighted by Gasteiger charge is 2.37. The molecule has 6 nitrogen and oxygen atoms in total. The van der Waals surface area contributed by atoms with Gasteiger partial charge in [0.15, 0.2) is 5.78 Å². The van der Waals surface area contributed by atoms with E-state index in [2.05, 4.69) is 16.0 Å². The Labute approximate surface area is 146 Å². The topological polar surface area (TPSA) is 87.0 Å². The van der Waals surface area contributed by atoms with Gasteiger partial charge in [-0.2, -0.15) is 5.26 Å². The molecule has 0 spiro atoms. The molecule has 1 saturated heterocycles. The molecule has 1 aliphatic heterocycles. The number of likely N-dealkylation sites (tertiary alicyclic amines) is 1. The summed E-state index contributed by atoms with van der Waals surface area (Å²) in [6.45, 7) is 0.504. The van der Waals surface area contributed by atoms with Crippen molar-refractivity contribution in [3.8, 4) is 6.07 Å². The van der Waals surface area contributed by atoms with Gasteiger partial charge < -0.3 is 4.90 Å². The Bertz CT molecular complexity index is 786. The third kappa shape index (κ3) is 3.56. The van der Waals surface area contributed by atoms with Crippen molar-refractivity contribution in [1.29, 1.82) is 5.26 Å². The lowest BCUT2D eigenvalue weighted by Crippen LogP contribution is -2.49. The smallest absolute Gasteiger partial charge is 0.256 e. The highest BCUT2D eigenvalue weighted by molar-refractivity contribution is 6.00. The predicted molar refractivity (Wildman–Crippen MR) is 90.5 cm³/mol.